The van der Waals surface area contributed by atoms with E-state index in [4.69, 9.17) is 0 Å². The lowest BCUT2D eigenvalue weighted by Crippen LogP contribution is -2.70. The van der Waals surface area contributed by atoms with Gasteiger partial charge in [-0.2, -0.15) is 0 Å². The van der Waals surface area contributed by atoms with Gasteiger partial charge in [0.05, 0.1) is 0 Å². The fraction of sp³-hybridized carbons (Fsp3) is 0.833. The van der Waals surface area contributed by atoms with Crippen molar-refractivity contribution >= 4 is 11.8 Å². The molecule has 0 saturated carbocycles. The number of nitrogens with zero attached hydrogens (tertiary/aromatic N) is 1. The van der Waals surface area contributed by atoms with Crippen molar-refractivity contribution in [1.82, 2.24) is 10.2 Å². The van der Waals surface area contributed by atoms with E-state index in [0.29, 0.717) is 6.42 Å². The summed E-state index contributed by atoms with van der Waals surface area (Å²) in [7, 11) is 0. The highest BCUT2D eigenvalue weighted by molar-refractivity contribution is 5.99. The first-order chi connectivity index (χ1) is 7.38. The SMILES string of the molecule is CCC(C)N1C(=O)C(C)NC(=O)C1(C)CC. The molecule has 16 heavy (non-hydrogen) atoms. The van der Waals surface area contributed by atoms with Crippen molar-refractivity contribution in [2.45, 2.75) is 65.1 Å². The molecule has 0 aromatic rings. The normalized spacial score (nSPS) is 32.6. The lowest BCUT2D eigenvalue weighted by atomic mass is 9.89. The van der Waals surface area contributed by atoms with Crippen molar-refractivity contribution in [3.05, 3.63) is 0 Å². The summed E-state index contributed by atoms with van der Waals surface area (Å²) >= 11 is 0. The van der Waals surface area contributed by atoms with Gasteiger partial charge in [0.1, 0.15) is 11.6 Å². The van der Waals surface area contributed by atoms with Crippen molar-refractivity contribution in [3.8, 4) is 0 Å². The number of hydrogen-bond acceptors (Lipinski definition) is 2. The van der Waals surface area contributed by atoms with Gasteiger partial charge in [-0.25, -0.2) is 0 Å². The number of rotatable bonds is 3. The second kappa shape index (κ2) is 4.44. The van der Waals surface area contributed by atoms with E-state index in [2.05, 4.69) is 5.32 Å². The Bertz CT molecular complexity index is 303. The molecule has 1 rings (SSSR count). The van der Waals surface area contributed by atoms with E-state index >= 15 is 0 Å². The molecular formula is C12H22N2O2. The van der Waals surface area contributed by atoms with Gasteiger partial charge in [-0.15, -0.1) is 0 Å². The highest BCUT2D eigenvalue weighted by atomic mass is 16.2. The maximum absolute atomic E-state index is 12.2. The van der Waals surface area contributed by atoms with Crippen LogP contribution in [0, 0.1) is 0 Å². The second-order valence-corrected chi connectivity index (χ2v) is 4.79. The average molecular weight is 226 g/mol. The Kier molecular flexibility index (Phi) is 3.61. The Balaban J connectivity index is 3.12. The minimum atomic E-state index is -0.695. The smallest absolute Gasteiger partial charge is 0.246 e. The van der Waals surface area contributed by atoms with Crippen LogP contribution in [0.3, 0.4) is 0 Å². The van der Waals surface area contributed by atoms with E-state index < -0.39 is 11.6 Å². The molecule has 92 valence electrons. The fourth-order valence-electron chi connectivity index (χ4n) is 2.19. The topological polar surface area (TPSA) is 49.4 Å². The molecule has 3 unspecified atom stereocenters. The van der Waals surface area contributed by atoms with E-state index in [9.17, 15) is 9.59 Å². The van der Waals surface area contributed by atoms with E-state index in [1.165, 1.54) is 0 Å². The molecule has 4 nitrogen and oxygen atoms in total. The Labute approximate surface area is 97.4 Å². The number of carbonyl (C=O) groups excluding carboxylic acids is 2. The van der Waals surface area contributed by atoms with Crippen LogP contribution in [-0.2, 0) is 9.59 Å². The molecule has 1 aliphatic heterocycles. The van der Waals surface area contributed by atoms with Crippen LogP contribution in [0.2, 0.25) is 0 Å². The van der Waals surface area contributed by atoms with Crippen LogP contribution in [0.4, 0.5) is 0 Å². The summed E-state index contributed by atoms with van der Waals surface area (Å²) < 4.78 is 0. The second-order valence-electron chi connectivity index (χ2n) is 4.79. The molecule has 1 saturated heterocycles. The predicted octanol–water partition coefficient (Wildman–Crippen LogP) is 1.30. The van der Waals surface area contributed by atoms with Gasteiger partial charge in [-0.3, -0.25) is 9.59 Å². The average Bonchev–Trinajstić information content (AvgIpc) is 2.26. The number of nitrogens with one attached hydrogen (secondary N) is 1. The third-order valence-electron chi connectivity index (χ3n) is 3.70. The van der Waals surface area contributed by atoms with Gasteiger partial charge in [0, 0.05) is 6.04 Å². The summed E-state index contributed by atoms with van der Waals surface area (Å²) in [6, 6.07) is -0.299. The molecule has 0 aromatic heterocycles. The molecule has 1 N–H and O–H groups in total. The lowest BCUT2D eigenvalue weighted by Gasteiger charge is -2.48. The molecule has 2 amide bonds. The lowest BCUT2D eigenvalue weighted by molar-refractivity contribution is -0.159. The van der Waals surface area contributed by atoms with E-state index in [-0.39, 0.29) is 17.9 Å². The molecule has 4 heteroatoms. The summed E-state index contributed by atoms with van der Waals surface area (Å²) in [4.78, 5) is 25.9. The quantitative estimate of drug-likeness (QED) is 0.788. The molecule has 1 heterocycles. The highest BCUT2D eigenvalue weighted by Gasteiger charge is 2.48. The minimum Gasteiger partial charge on any atom is -0.343 e. The number of carbonyl (C=O) groups is 2. The molecule has 3 atom stereocenters. The Hall–Kier alpha value is -1.06. The molecule has 0 aliphatic carbocycles. The molecule has 0 spiro atoms. The van der Waals surface area contributed by atoms with Crippen molar-refractivity contribution in [2.24, 2.45) is 0 Å². The van der Waals surface area contributed by atoms with Crippen LogP contribution in [0.25, 0.3) is 0 Å². The first-order valence-electron chi connectivity index (χ1n) is 6.02. The van der Waals surface area contributed by atoms with Crippen molar-refractivity contribution in [2.75, 3.05) is 0 Å². The van der Waals surface area contributed by atoms with Crippen LogP contribution < -0.4 is 5.32 Å². The largest absolute Gasteiger partial charge is 0.343 e. The molecule has 1 aliphatic rings. The Morgan fingerprint density at radius 3 is 2.44 bits per heavy atom. The van der Waals surface area contributed by atoms with Gasteiger partial charge in [0.15, 0.2) is 0 Å². The number of amides is 2. The van der Waals surface area contributed by atoms with Crippen LogP contribution in [-0.4, -0.2) is 34.3 Å². The third-order valence-corrected chi connectivity index (χ3v) is 3.70. The summed E-state index contributed by atoms with van der Waals surface area (Å²) in [5.41, 5.74) is -0.695. The van der Waals surface area contributed by atoms with Gasteiger partial charge >= 0.3 is 0 Å². The zero-order valence-corrected chi connectivity index (χ0v) is 10.8. The zero-order chi connectivity index (χ0) is 12.5. The van der Waals surface area contributed by atoms with Gasteiger partial charge in [0.2, 0.25) is 11.8 Å². The number of piperazine rings is 1. The standard InChI is InChI=1S/C12H22N2O2/c1-6-8(3)14-10(15)9(4)13-11(16)12(14,5)7-2/h8-9H,6-7H2,1-5H3,(H,13,16). The van der Waals surface area contributed by atoms with Crippen LogP contribution in [0.5, 0.6) is 0 Å². The fourth-order valence-corrected chi connectivity index (χ4v) is 2.19. The monoisotopic (exact) mass is 226 g/mol. The first kappa shape index (κ1) is 13.0. The van der Waals surface area contributed by atoms with Crippen molar-refractivity contribution in [1.29, 1.82) is 0 Å². The molecular weight excluding hydrogens is 204 g/mol. The molecule has 0 aromatic carbocycles. The van der Waals surface area contributed by atoms with Crippen LogP contribution in [0.15, 0.2) is 0 Å². The minimum absolute atomic E-state index is 0.0262. The maximum atomic E-state index is 12.2. The molecule has 0 radical (unpaired) electrons. The van der Waals surface area contributed by atoms with Crippen LogP contribution >= 0.6 is 0 Å². The third kappa shape index (κ3) is 1.81. The highest BCUT2D eigenvalue weighted by Crippen LogP contribution is 2.28. The summed E-state index contributed by atoms with van der Waals surface area (Å²) in [5, 5.41) is 2.75. The van der Waals surface area contributed by atoms with Gasteiger partial charge in [-0.05, 0) is 33.6 Å². The van der Waals surface area contributed by atoms with Gasteiger partial charge in [0.25, 0.3) is 0 Å². The van der Waals surface area contributed by atoms with E-state index in [1.807, 2.05) is 27.7 Å². The van der Waals surface area contributed by atoms with Gasteiger partial charge < -0.3 is 10.2 Å². The van der Waals surface area contributed by atoms with E-state index in [0.717, 1.165) is 6.42 Å². The summed E-state index contributed by atoms with van der Waals surface area (Å²) in [6.45, 7) is 9.56. The Morgan fingerprint density at radius 1 is 1.44 bits per heavy atom. The molecule has 1 fully saturated rings. The summed E-state index contributed by atoms with van der Waals surface area (Å²) in [5.74, 6) is -0.0132. The zero-order valence-electron chi connectivity index (χ0n) is 10.8. The Morgan fingerprint density at radius 2 is 2.00 bits per heavy atom. The first-order valence-corrected chi connectivity index (χ1v) is 6.02. The van der Waals surface area contributed by atoms with E-state index in [1.54, 1.807) is 11.8 Å². The maximum Gasteiger partial charge on any atom is 0.246 e. The number of hydrogen-bond donors (Lipinski definition) is 1. The summed E-state index contributed by atoms with van der Waals surface area (Å²) in [6.07, 6.45) is 1.50. The molecule has 0 bridgehead atoms. The van der Waals surface area contributed by atoms with Crippen LogP contribution in [0.1, 0.15) is 47.5 Å². The van der Waals surface area contributed by atoms with Crippen molar-refractivity contribution in [3.63, 3.8) is 0 Å². The predicted molar refractivity (Wildman–Crippen MR) is 62.9 cm³/mol. The van der Waals surface area contributed by atoms with Gasteiger partial charge in [-0.1, -0.05) is 13.8 Å². The van der Waals surface area contributed by atoms with Crippen molar-refractivity contribution < 1.29 is 9.59 Å².